The zero-order valence-electron chi connectivity index (χ0n) is 9.57. The normalized spacial score (nSPS) is 13.8. The van der Waals surface area contributed by atoms with Crippen molar-refractivity contribution in [2.24, 2.45) is 0 Å². The van der Waals surface area contributed by atoms with Crippen LogP contribution in [0.5, 0.6) is 0 Å². The number of rotatable bonds is 7. The molecule has 0 aliphatic carbocycles. The van der Waals surface area contributed by atoms with Crippen molar-refractivity contribution >= 4 is 23.7 Å². The summed E-state index contributed by atoms with van der Waals surface area (Å²) < 4.78 is 0. The van der Waals surface area contributed by atoms with Crippen LogP contribution in [0.15, 0.2) is 30.3 Å². The lowest BCUT2D eigenvalue weighted by molar-refractivity contribution is -0.155. The predicted octanol–water partition coefficient (Wildman–Crippen LogP) is 1.21. The van der Waals surface area contributed by atoms with Crippen molar-refractivity contribution < 1.29 is 24.9 Å². The Morgan fingerprint density at radius 1 is 1.17 bits per heavy atom. The van der Waals surface area contributed by atoms with E-state index in [1.165, 1.54) is 0 Å². The van der Waals surface area contributed by atoms with Gasteiger partial charge in [-0.1, -0.05) is 30.3 Å². The van der Waals surface area contributed by atoms with Crippen molar-refractivity contribution in [1.29, 1.82) is 0 Å². The van der Waals surface area contributed by atoms with Crippen molar-refractivity contribution in [2.45, 2.75) is 17.8 Å². The second-order valence-electron chi connectivity index (χ2n) is 3.74. The average Bonchev–Trinajstić information content (AvgIpc) is 2.29. The molecule has 1 unspecified atom stereocenters. The maximum Gasteiger partial charge on any atom is 0.347 e. The summed E-state index contributed by atoms with van der Waals surface area (Å²) in [6.07, 6.45) is -0.248. The molecule has 1 aromatic carbocycles. The lowest BCUT2D eigenvalue weighted by Crippen LogP contribution is -2.37. The third kappa shape index (κ3) is 4.38. The van der Waals surface area contributed by atoms with E-state index < -0.39 is 23.3 Å². The third-order valence-corrected chi connectivity index (χ3v) is 3.50. The van der Waals surface area contributed by atoms with E-state index in [0.29, 0.717) is 12.2 Å². The quantitative estimate of drug-likeness (QED) is 0.645. The van der Waals surface area contributed by atoms with Crippen LogP contribution in [-0.4, -0.2) is 37.9 Å². The molecule has 98 valence electrons. The van der Waals surface area contributed by atoms with Crippen LogP contribution in [0.1, 0.15) is 12.0 Å². The molecule has 0 saturated heterocycles. The molecule has 6 heteroatoms. The van der Waals surface area contributed by atoms with Gasteiger partial charge < -0.3 is 15.3 Å². The van der Waals surface area contributed by atoms with E-state index in [1.807, 2.05) is 30.3 Å². The van der Waals surface area contributed by atoms with E-state index in [9.17, 15) is 14.7 Å². The average molecular weight is 270 g/mol. The Hall–Kier alpha value is -1.53. The molecule has 0 aromatic heterocycles. The van der Waals surface area contributed by atoms with Gasteiger partial charge in [-0.05, 0) is 12.0 Å². The topological polar surface area (TPSA) is 94.8 Å². The van der Waals surface area contributed by atoms with Crippen LogP contribution in [-0.2, 0) is 16.0 Å². The predicted molar refractivity (Wildman–Crippen MR) is 67.4 cm³/mol. The monoisotopic (exact) mass is 270 g/mol. The maximum atomic E-state index is 10.9. The molecular formula is C12H14O5S. The molecule has 1 aromatic rings. The van der Waals surface area contributed by atoms with Crippen molar-refractivity contribution in [3.8, 4) is 0 Å². The third-order valence-electron chi connectivity index (χ3n) is 2.30. The van der Waals surface area contributed by atoms with Crippen LogP contribution >= 0.6 is 11.8 Å². The summed E-state index contributed by atoms with van der Waals surface area (Å²) in [6, 6.07) is 9.37. The largest absolute Gasteiger partial charge is 0.481 e. The van der Waals surface area contributed by atoms with Gasteiger partial charge in [0.15, 0.2) is 0 Å². The lowest BCUT2D eigenvalue weighted by Gasteiger charge is -2.20. The standard InChI is InChI=1S/C12H14O5S/c13-10(14)8-12(17,11(15)16)18-7-6-9-4-2-1-3-5-9/h1-5,17H,6-8H2,(H,13,14)(H,15,16). The zero-order chi connectivity index (χ0) is 13.6. The van der Waals surface area contributed by atoms with Gasteiger partial charge in [0.2, 0.25) is 4.93 Å². The first-order valence-electron chi connectivity index (χ1n) is 5.29. The highest BCUT2D eigenvalue weighted by Gasteiger charge is 2.38. The van der Waals surface area contributed by atoms with Gasteiger partial charge in [-0.3, -0.25) is 4.79 Å². The molecule has 5 nitrogen and oxygen atoms in total. The van der Waals surface area contributed by atoms with Crippen LogP contribution in [0.2, 0.25) is 0 Å². The van der Waals surface area contributed by atoms with E-state index >= 15 is 0 Å². The van der Waals surface area contributed by atoms with E-state index in [-0.39, 0.29) is 0 Å². The number of aliphatic hydroxyl groups is 1. The number of carbonyl (C=O) groups is 2. The molecule has 0 amide bonds. The van der Waals surface area contributed by atoms with E-state index in [0.717, 1.165) is 17.3 Å². The number of aliphatic carboxylic acids is 2. The molecule has 1 rings (SSSR count). The number of hydrogen-bond donors (Lipinski definition) is 3. The molecule has 0 saturated carbocycles. The fourth-order valence-corrected chi connectivity index (χ4v) is 2.40. The molecule has 18 heavy (non-hydrogen) atoms. The number of carboxylic acid groups (broad SMARTS) is 2. The summed E-state index contributed by atoms with van der Waals surface area (Å²) in [5, 5.41) is 27.1. The van der Waals surface area contributed by atoms with Crippen molar-refractivity contribution in [3.63, 3.8) is 0 Å². The van der Waals surface area contributed by atoms with Gasteiger partial charge in [-0.25, -0.2) is 4.79 Å². The first-order valence-corrected chi connectivity index (χ1v) is 6.28. The molecule has 1 atom stereocenters. The van der Waals surface area contributed by atoms with Gasteiger partial charge >= 0.3 is 11.9 Å². The molecule has 0 aliphatic heterocycles. The minimum absolute atomic E-state index is 0.333. The number of carboxylic acids is 2. The minimum atomic E-state index is -2.26. The first kappa shape index (κ1) is 14.5. The maximum absolute atomic E-state index is 10.9. The van der Waals surface area contributed by atoms with E-state index in [1.54, 1.807) is 0 Å². The highest BCUT2D eigenvalue weighted by atomic mass is 32.2. The molecule has 0 fully saturated rings. The van der Waals surface area contributed by atoms with Crippen LogP contribution in [0.25, 0.3) is 0 Å². The van der Waals surface area contributed by atoms with Crippen molar-refractivity contribution in [1.82, 2.24) is 0 Å². The fourth-order valence-electron chi connectivity index (χ4n) is 1.38. The van der Waals surface area contributed by atoms with Crippen LogP contribution in [0, 0.1) is 0 Å². The summed E-state index contributed by atoms with van der Waals surface area (Å²) in [5.41, 5.74) is 1.01. The van der Waals surface area contributed by atoms with Crippen LogP contribution in [0.3, 0.4) is 0 Å². The van der Waals surface area contributed by atoms with Crippen molar-refractivity contribution in [3.05, 3.63) is 35.9 Å². The Morgan fingerprint density at radius 2 is 1.78 bits per heavy atom. The van der Waals surface area contributed by atoms with E-state index in [4.69, 9.17) is 10.2 Å². The Bertz CT molecular complexity index is 420. The molecule has 0 spiro atoms. The van der Waals surface area contributed by atoms with Crippen LogP contribution < -0.4 is 0 Å². The summed E-state index contributed by atoms with van der Waals surface area (Å²) in [5.74, 6) is -2.53. The second kappa shape index (κ2) is 6.42. The highest BCUT2D eigenvalue weighted by molar-refractivity contribution is 8.01. The van der Waals surface area contributed by atoms with Gasteiger partial charge in [-0.2, -0.15) is 0 Å². The summed E-state index contributed by atoms with van der Waals surface area (Å²) in [6.45, 7) is 0. The van der Waals surface area contributed by atoms with Gasteiger partial charge in [-0.15, -0.1) is 11.8 Å². The molecule has 3 N–H and O–H groups in total. The first-order chi connectivity index (χ1) is 8.44. The number of benzene rings is 1. The number of aryl methyl sites for hydroxylation is 1. The Labute approximate surface area is 108 Å². The Kier molecular flexibility index (Phi) is 5.18. The number of hydrogen-bond acceptors (Lipinski definition) is 4. The van der Waals surface area contributed by atoms with Crippen molar-refractivity contribution in [2.75, 3.05) is 5.75 Å². The lowest BCUT2D eigenvalue weighted by atomic mass is 10.2. The van der Waals surface area contributed by atoms with Gasteiger partial charge in [0, 0.05) is 5.75 Å². The van der Waals surface area contributed by atoms with Crippen LogP contribution in [0.4, 0.5) is 0 Å². The highest BCUT2D eigenvalue weighted by Crippen LogP contribution is 2.27. The SMILES string of the molecule is O=C(O)CC(O)(SCCc1ccccc1)C(=O)O. The smallest absolute Gasteiger partial charge is 0.347 e. The Balaban J connectivity index is 2.53. The summed E-state index contributed by atoms with van der Waals surface area (Å²) in [7, 11) is 0. The molecule has 0 bridgehead atoms. The van der Waals surface area contributed by atoms with Gasteiger partial charge in [0.05, 0.1) is 6.42 Å². The fraction of sp³-hybridized carbons (Fsp3) is 0.333. The zero-order valence-corrected chi connectivity index (χ0v) is 10.4. The summed E-state index contributed by atoms with van der Waals surface area (Å²) >= 11 is 0.730. The van der Waals surface area contributed by atoms with Gasteiger partial charge in [0.25, 0.3) is 0 Å². The molecule has 0 heterocycles. The van der Waals surface area contributed by atoms with E-state index in [2.05, 4.69) is 0 Å². The summed E-state index contributed by atoms with van der Waals surface area (Å²) in [4.78, 5) is 19.1. The molecular weight excluding hydrogens is 256 g/mol. The van der Waals surface area contributed by atoms with Gasteiger partial charge in [0.1, 0.15) is 0 Å². The molecule has 0 radical (unpaired) electrons. The second-order valence-corrected chi connectivity index (χ2v) is 5.12. The number of thioether (sulfide) groups is 1. The Morgan fingerprint density at radius 3 is 2.28 bits per heavy atom. The minimum Gasteiger partial charge on any atom is -0.481 e. The molecule has 0 aliphatic rings.